The van der Waals surface area contributed by atoms with Gasteiger partial charge in [-0.2, -0.15) is 5.26 Å². The fourth-order valence-electron chi connectivity index (χ4n) is 2.71. The summed E-state index contributed by atoms with van der Waals surface area (Å²) in [5, 5.41) is 9.45. The molecule has 9 heteroatoms. The van der Waals surface area contributed by atoms with Gasteiger partial charge in [-0.05, 0) is 18.6 Å². The molecule has 2 aromatic carbocycles. The van der Waals surface area contributed by atoms with E-state index in [1.165, 1.54) is 19.2 Å². The maximum absolute atomic E-state index is 12.9. The molecule has 0 aliphatic heterocycles. The average Bonchev–Trinajstić information content (AvgIpc) is 2.69. The number of nitriles is 1. The molecule has 0 bridgehead atoms. The number of alkyl halides is 2. The van der Waals surface area contributed by atoms with Crippen molar-refractivity contribution in [1.82, 2.24) is 9.55 Å². The lowest BCUT2D eigenvalue weighted by Crippen LogP contribution is -2.34. The lowest BCUT2D eigenvalue weighted by Gasteiger charge is -2.15. The molecule has 3 aromatic rings. The van der Waals surface area contributed by atoms with Gasteiger partial charge in [-0.3, -0.25) is 4.79 Å². The monoisotopic (exact) mass is 399 g/mol. The molecule has 7 nitrogen and oxygen atoms in total. The predicted molar refractivity (Wildman–Crippen MR) is 100 cm³/mol. The van der Waals surface area contributed by atoms with Crippen LogP contribution in [0.15, 0.2) is 52.1 Å². The third-order valence-corrected chi connectivity index (χ3v) is 4.14. The maximum Gasteiger partial charge on any atom is 0.333 e. The molecule has 0 saturated heterocycles. The van der Waals surface area contributed by atoms with Gasteiger partial charge in [0.25, 0.3) is 12.0 Å². The maximum atomic E-state index is 12.9. The summed E-state index contributed by atoms with van der Waals surface area (Å²) < 4.78 is 37.3. The average molecular weight is 399 g/mol. The van der Waals surface area contributed by atoms with Crippen LogP contribution in [0.3, 0.4) is 0 Å². The first-order valence-electron chi connectivity index (χ1n) is 8.36. The first-order valence-corrected chi connectivity index (χ1v) is 8.36. The lowest BCUT2D eigenvalue weighted by molar-refractivity contribution is 0.145. The minimum atomic E-state index is -3.01. The zero-order valence-corrected chi connectivity index (χ0v) is 15.4. The summed E-state index contributed by atoms with van der Waals surface area (Å²) in [6, 6.07) is 12.2. The van der Waals surface area contributed by atoms with Gasteiger partial charge in [0.1, 0.15) is 23.3 Å². The summed E-state index contributed by atoms with van der Waals surface area (Å²) in [6.45, 7) is 1.81. The Morgan fingerprint density at radius 2 is 1.83 bits per heavy atom. The Morgan fingerprint density at radius 3 is 2.41 bits per heavy atom. The van der Waals surface area contributed by atoms with Crippen LogP contribution < -0.4 is 20.7 Å². The molecule has 148 valence electrons. The van der Waals surface area contributed by atoms with Crippen molar-refractivity contribution >= 4 is 0 Å². The minimum Gasteiger partial charge on any atom is -0.495 e. The van der Waals surface area contributed by atoms with Crippen LogP contribution in [0, 0.1) is 18.3 Å². The van der Waals surface area contributed by atoms with Crippen molar-refractivity contribution < 1.29 is 18.3 Å². The van der Waals surface area contributed by atoms with E-state index < -0.39 is 23.4 Å². The molecule has 0 spiro atoms. The largest absolute Gasteiger partial charge is 0.495 e. The lowest BCUT2D eigenvalue weighted by atomic mass is 10.1. The summed E-state index contributed by atoms with van der Waals surface area (Å²) in [6.07, 6.45) is -3.01. The molecule has 0 unspecified atom stereocenters. The molecule has 0 saturated carbocycles. The minimum absolute atomic E-state index is 0.0241. The number of aromatic amines is 1. The van der Waals surface area contributed by atoms with E-state index in [1.54, 1.807) is 12.1 Å². The van der Waals surface area contributed by atoms with Crippen molar-refractivity contribution in [1.29, 1.82) is 5.26 Å². The Balaban J connectivity index is 2.23. The SMILES string of the molecule is COc1cc(C#N)c(Oc2ccccc2C)cc1-n1c(=O)cc(C(F)F)[nH]c1=O. The highest BCUT2D eigenvalue weighted by molar-refractivity contribution is 5.59. The first kappa shape index (κ1) is 19.8. The zero-order valence-electron chi connectivity index (χ0n) is 15.4. The molecule has 1 N–H and O–H groups in total. The Morgan fingerprint density at radius 1 is 1.10 bits per heavy atom. The van der Waals surface area contributed by atoms with Crippen molar-refractivity contribution in [3.8, 4) is 29.0 Å². The second-order valence-electron chi connectivity index (χ2n) is 6.00. The van der Waals surface area contributed by atoms with Crippen LogP contribution in [-0.4, -0.2) is 16.7 Å². The van der Waals surface area contributed by atoms with E-state index in [1.807, 2.05) is 30.1 Å². The van der Waals surface area contributed by atoms with E-state index in [0.717, 1.165) is 5.56 Å². The Hall–Kier alpha value is -3.93. The molecule has 1 aromatic heterocycles. The van der Waals surface area contributed by atoms with Gasteiger partial charge in [0.15, 0.2) is 0 Å². The summed E-state index contributed by atoms with van der Waals surface area (Å²) in [5.74, 6) is 0.562. The zero-order chi connectivity index (χ0) is 21.1. The number of hydrogen-bond donors (Lipinski definition) is 1. The number of methoxy groups -OCH3 is 1. The van der Waals surface area contributed by atoms with Gasteiger partial charge in [0, 0.05) is 18.2 Å². The van der Waals surface area contributed by atoms with Gasteiger partial charge in [-0.15, -0.1) is 0 Å². The molecule has 3 rings (SSSR count). The third kappa shape index (κ3) is 3.87. The Kier molecular flexibility index (Phi) is 5.45. The van der Waals surface area contributed by atoms with Gasteiger partial charge in [-0.25, -0.2) is 18.1 Å². The van der Waals surface area contributed by atoms with Crippen LogP contribution in [0.1, 0.15) is 23.2 Å². The highest BCUT2D eigenvalue weighted by Gasteiger charge is 2.19. The van der Waals surface area contributed by atoms with Crippen LogP contribution >= 0.6 is 0 Å². The van der Waals surface area contributed by atoms with E-state index in [-0.39, 0.29) is 22.7 Å². The van der Waals surface area contributed by atoms with Crippen LogP contribution in [0.25, 0.3) is 5.69 Å². The van der Waals surface area contributed by atoms with Crippen molar-refractivity contribution in [2.24, 2.45) is 0 Å². The standard InChI is InChI=1S/C20H15F2N3O4/c1-11-5-3-4-6-15(11)29-16-9-14(17(28-2)7-12(16)10-23)25-18(26)8-13(19(21)22)24-20(25)27/h3-9,19H,1-2H3,(H,24,27). The summed E-state index contributed by atoms with van der Waals surface area (Å²) in [7, 11) is 1.29. The van der Waals surface area contributed by atoms with Gasteiger partial charge >= 0.3 is 5.69 Å². The second-order valence-corrected chi connectivity index (χ2v) is 6.00. The summed E-state index contributed by atoms with van der Waals surface area (Å²) >= 11 is 0. The number of nitrogens with one attached hydrogen (secondary N) is 1. The van der Waals surface area contributed by atoms with Crippen LogP contribution in [0.2, 0.25) is 0 Å². The number of benzene rings is 2. The number of rotatable bonds is 5. The topological polar surface area (TPSA) is 97.1 Å². The number of hydrogen-bond acceptors (Lipinski definition) is 5. The Bertz CT molecular complexity index is 1190. The number of para-hydroxylation sites is 1. The molecule has 29 heavy (non-hydrogen) atoms. The summed E-state index contributed by atoms with van der Waals surface area (Å²) in [5.41, 5.74) is -2.00. The number of aromatic nitrogens is 2. The predicted octanol–water partition coefficient (Wildman–Crippen LogP) is 3.44. The third-order valence-electron chi connectivity index (χ3n) is 4.14. The van der Waals surface area contributed by atoms with E-state index >= 15 is 0 Å². The number of aryl methyl sites for hydroxylation is 1. The second kappa shape index (κ2) is 7.98. The first-order chi connectivity index (χ1) is 13.8. The molecule has 0 aliphatic carbocycles. The molecular formula is C20H15F2N3O4. The molecule has 1 heterocycles. The normalized spacial score (nSPS) is 10.6. The van der Waals surface area contributed by atoms with Crippen molar-refractivity contribution in [2.45, 2.75) is 13.3 Å². The van der Waals surface area contributed by atoms with Crippen molar-refractivity contribution in [3.05, 3.63) is 80.1 Å². The van der Waals surface area contributed by atoms with Gasteiger partial charge in [0.05, 0.1) is 24.1 Å². The molecule has 0 aliphatic rings. The fraction of sp³-hybridized carbons (Fsp3) is 0.150. The van der Waals surface area contributed by atoms with E-state index in [2.05, 4.69) is 0 Å². The van der Waals surface area contributed by atoms with E-state index in [4.69, 9.17) is 9.47 Å². The number of nitrogens with zero attached hydrogens (tertiary/aromatic N) is 2. The smallest absolute Gasteiger partial charge is 0.333 e. The molecule has 0 radical (unpaired) electrons. The van der Waals surface area contributed by atoms with Crippen LogP contribution in [0.5, 0.6) is 17.2 Å². The van der Waals surface area contributed by atoms with Crippen molar-refractivity contribution in [3.63, 3.8) is 0 Å². The van der Waals surface area contributed by atoms with Gasteiger partial charge < -0.3 is 14.5 Å². The van der Waals surface area contributed by atoms with E-state index in [0.29, 0.717) is 16.4 Å². The highest BCUT2D eigenvalue weighted by atomic mass is 19.3. The number of H-pyrrole nitrogens is 1. The fourth-order valence-corrected chi connectivity index (χ4v) is 2.71. The van der Waals surface area contributed by atoms with Gasteiger partial charge in [-0.1, -0.05) is 18.2 Å². The molecule has 0 fully saturated rings. The highest BCUT2D eigenvalue weighted by Crippen LogP contribution is 2.34. The molecular weight excluding hydrogens is 384 g/mol. The quantitative estimate of drug-likeness (QED) is 0.709. The Labute approximate surface area is 163 Å². The van der Waals surface area contributed by atoms with E-state index in [9.17, 15) is 23.6 Å². The number of halogens is 2. The van der Waals surface area contributed by atoms with Crippen molar-refractivity contribution in [2.75, 3.05) is 7.11 Å². The number of ether oxygens (including phenoxy) is 2. The molecule has 0 atom stereocenters. The van der Waals surface area contributed by atoms with Gasteiger partial charge in [0.2, 0.25) is 0 Å². The van der Waals surface area contributed by atoms with Crippen LogP contribution in [0.4, 0.5) is 8.78 Å². The summed E-state index contributed by atoms with van der Waals surface area (Å²) in [4.78, 5) is 26.7. The van der Waals surface area contributed by atoms with Crippen LogP contribution in [-0.2, 0) is 0 Å². The molecule has 0 amide bonds.